The van der Waals surface area contributed by atoms with Crippen molar-refractivity contribution in [1.29, 1.82) is 0 Å². The third-order valence-corrected chi connectivity index (χ3v) is 5.99. The van der Waals surface area contributed by atoms with Crippen molar-refractivity contribution in [2.45, 2.75) is 13.1 Å². The lowest BCUT2D eigenvalue weighted by molar-refractivity contribution is 0.201. The van der Waals surface area contributed by atoms with E-state index in [4.69, 9.17) is 12.2 Å². The molecule has 7 heteroatoms. The Labute approximate surface area is 174 Å². The van der Waals surface area contributed by atoms with Crippen LogP contribution in [-0.2, 0) is 13.1 Å². The number of nitrogens with zero attached hydrogens (tertiary/aromatic N) is 3. The molecule has 1 saturated heterocycles. The first-order valence-corrected chi connectivity index (χ1v) is 10.9. The topological polar surface area (TPSA) is 30.9 Å². The Morgan fingerprint density at radius 2 is 1.63 bits per heavy atom. The molecule has 0 amide bonds. The van der Waals surface area contributed by atoms with Crippen molar-refractivity contribution in [1.82, 2.24) is 14.6 Å². The molecule has 0 atom stereocenters. The summed E-state index contributed by atoms with van der Waals surface area (Å²) in [5.41, 5.74) is 2.66. The van der Waals surface area contributed by atoms with Crippen molar-refractivity contribution >= 4 is 46.5 Å². The predicted octanol–water partition coefficient (Wildman–Crippen LogP) is 4.67. The van der Waals surface area contributed by atoms with Gasteiger partial charge in [-0.25, -0.2) is 4.83 Å². The van der Waals surface area contributed by atoms with Crippen LogP contribution in [0.4, 0.5) is 0 Å². The van der Waals surface area contributed by atoms with Gasteiger partial charge in [0, 0.05) is 19.3 Å². The Morgan fingerprint density at radius 1 is 0.963 bits per heavy atom. The number of benzene rings is 2. The fourth-order valence-corrected chi connectivity index (χ4v) is 4.02. The minimum absolute atomic E-state index is 0.887. The second-order valence-corrected chi connectivity index (χ2v) is 8.26. The molecule has 2 heterocycles. The van der Waals surface area contributed by atoms with Crippen molar-refractivity contribution < 1.29 is 0 Å². The molecule has 27 heavy (non-hydrogen) atoms. The van der Waals surface area contributed by atoms with Crippen molar-refractivity contribution in [2.75, 3.05) is 12.5 Å². The highest BCUT2D eigenvalue weighted by atomic mass is 32.2. The quantitative estimate of drug-likeness (QED) is 0.578. The van der Waals surface area contributed by atoms with E-state index in [1.807, 2.05) is 11.5 Å². The van der Waals surface area contributed by atoms with E-state index in [0.29, 0.717) is 0 Å². The Morgan fingerprint density at radius 3 is 2.15 bits per heavy atom. The van der Waals surface area contributed by atoms with E-state index < -0.39 is 0 Å². The largest absolute Gasteiger partial charge is 0.340 e. The van der Waals surface area contributed by atoms with Gasteiger partial charge < -0.3 is 4.90 Å². The van der Waals surface area contributed by atoms with Crippen molar-refractivity contribution in [2.24, 2.45) is 5.10 Å². The molecule has 1 fully saturated rings. The van der Waals surface area contributed by atoms with Crippen molar-refractivity contribution in [3.05, 3.63) is 83.3 Å². The first kappa shape index (κ1) is 19.9. The number of hydrogen-bond acceptors (Lipinski definition) is 6. The van der Waals surface area contributed by atoms with E-state index >= 15 is 0 Å². The van der Waals surface area contributed by atoms with E-state index in [9.17, 15) is 0 Å². The average Bonchev–Trinajstić information content (AvgIpc) is 2.74. The van der Waals surface area contributed by atoms with E-state index in [1.54, 1.807) is 18.0 Å². The second kappa shape index (κ2) is 11.1. The second-order valence-electron chi connectivity index (χ2n) is 5.99. The van der Waals surface area contributed by atoms with Gasteiger partial charge in [0.25, 0.3) is 0 Å². The lowest BCUT2D eigenvalue weighted by atomic mass is 10.2. The highest BCUT2D eigenvalue weighted by molar-refractivity contribution is 8.22. The normalized spacial score (nSPS) is 16.4. The molecule has 2 aromatic rings. The van der Waals surface area contributed by atoms with E-state index in [1.165, 1.54) is 23.1 Å². The molecule has 2 aliphatic heterocycles. The summed E-state index contributed by atoms with van der Waals surface area (Å²) in [6.45, 7) is 2.76. The van der Waals surface area contributed by atoms with Crippen LogP contribution >= 0.6 is 35.9 Å². The Kier molecular flexibility index (Phi) is 8.23. The molecule has 0 saturated carbocycles. The predicted molar refractivity (Wildman–Crippen MR) is 122 cm³/mol. The molecule has 0 radical (unpaired) electrons. The van der Waals surface area contributed by atoms with Crippen LogP contribution in [0.1, 0.15) is 11.1 Å². The zero-order chi connectivity index (χ0) is 18.7. The van der Waals surface area contributed by atoms with Gasteiger partial charge in [-0.1, -0.05) is 84.6 Å². The fourth-order valence-electron chi connectivity index (χ4n) is 2.64. The number of rotatable bonds is 4. The lowest BCUT2D eigenvalue weighted by Crippen LogP contribution is -2.43. The SMILES string of the molecule is C1=CSNN=C1.S=C1SCN(Cc2ccccc2)CN1Cc1ccccc1. The molecule has 2 aromatic carbocycles. The number of nitrogens with one attached hydrogen (secondary N) is 1. The smallest absolute Gasteiger partial charge is 0.138 e. The molecule has 0 bridgehead atoms. The van der Waals surface area contributed by atoms with Gasteiger partial charge in [-0.3, -0.25) is 4.90 Å². The molecule has 2 aliphatic rings. The van der Waals surface area contributed by atoms with Crippen LogP contribution in [0, 0.1) is 0 Å². The number of thioether (sulfide) groups is 1. The summed E-state index contributed by atoms with van der Waals surface area (Å²) in [6.07, 6.45) is 3.58. The van der Waals surface area contributed by atoms with E-state index in [0.717, 1.165) is 30.0 Å². The van der Waals surface area contributed by atoms with E-state index in [-0.39, 0.29) is 0 Å². The molecular formula is C20H22N4S3. The number of hydrogen-bond donors (Lipinski definition) is 1. The maximum Gasteiger partial charge on any atom is 0.138 e. The zero-order valence-corrected chi connectivity index (χ0v) is 17.3. The van der Waals surface area contributed by atoms with Crippen LogP contribution in [0.5, 0.6) is 0 Å². The standard InChI is InChI=1S/C17H18N2S2.C3H4N2S/c20-17-19(12-16-9-5-2-6-10-16)13-18(14-21-17)11-15-7-3-1-4-8-15;1-2-4-5-6-3-1/h1-10H,11-14H2;1-3,5H. The Bertz CT molecular complexity index is 753. The minimum Gasteiger partial charge on any atom is -0.340 e. The van der Waals surface area contributed by atoms with Gasteiger partial charge in [-0.2, -0.15) is 5.10 Å². The third-order valence-electron chi connectivity index (χ3n) is 3.88. The van der Waals surface area contributed by atoms with Gasteiger partial charge in [-0.05, 0) is 34.6 Å². The van der Waals surface area contributed by atoms with Crippen LogP contribution in [0.3, 0.4) is 0 Å². The summed E-state index contributed by atoms with van der Waals surface area (Å²) in [6, 6.07) is 21.1. The molecular weight excluding hydrogens is 392 g/mol. The van der Waals surface area contributed by atoms with Gasteiger partial charge in [0.1, 0.15) is 4.32 Å². The molecule has 0 unspecified atom stereocenters. The number of thiocarbonyl (C=S) groups is 1. The highest BCUT2D eigenvalue weighted by Crippen LogP contribution is 2.22. The third kappa shape index (κ3) is 7.03. The molecule has 0 spiro atoms. The van der Waals surface area contributed by atoms with Crippen LogP contribution in [-0.4, -0.2) is 32.9 Å². The summed E-state index contributed by atoms with van der Waals surface area (Å²) in [7, 11) is 0. The summed E-state index contributed by atoms with van der Waals surface area (Å²) in [5.74, 6) is 0.971. The van der Waals surface area contributed by atoms with Crippen molar-refractivity contribution in [3.63, 3.8) is 0 Å². The van der Waals surface area contributed by atoms with E-state index in [2.05, 4.69) is 80.4 Å². The number of allylic oxidation sites excluding steroid dienone is 1. The van der Waals surface area contributed by atoms with Crippen molar-refractivity contribution in [3.8, 4) is 0 Å². The van der Waals surface area contributed by atoms with Crippen LogP contribution in [0.15, 0.2) is 77.2 Å². The summed E-state index contributed by atoms with van der Waals surface area (Å²) in [5, 5.41) is 5.60. The Balaban J connectivity index is 0.000000299. The lowest BCUT2D eigenvalue weighted by Gasteiger charge is -2.36. The fraction of sp³-hybridized carbons (Fsp3) is 0.200. The highest BCUT2D eigenvalue weighted by Gasteiger charge is 2.21. The molecule has 0 aliphatic carbocycles. The summed E-state index contributed by atoms with van der Waals surface area (Å²) < 4.78 is 1.00. The minimum atomic E-state index is 0.887. The maximum absolute atomic E-state index is 5.51. The van der Waals surface area contributed by atoms with Crippen LogP contribution in [0.2, 0.25) is 0 Å². The summed E-state index contributed by atoms with van der Waals surface area (Å²) in [4.78, 5) is 7.39. The van der Waals surface area contributed by atoms with Gasteiger partial charge in [-0.15, -0.1) is 0 Å². The first-order valence-electron chi connectivity index (χ1n) is 8.62. The average molecular weight is 415 g/mol. The van der Waals surface area contributed by atoms with Crippen LogP contribution in [0.25, 0.3) is 0 Å². The molecule has 4 nitrogen and oxygen atoms in total. The van der Waals surface area contributed by atoms with Crippen LogP contribution < -0.4 is 4.83 Å². The monoisotopic (exact) mass is 414 g/mol. The number of hydrazone groups is 1. The van der Waals surface area contributed by atoms with Gasteiger partial charge >= 0.3 is 0 Å². The molecule has 140 valence electrons. The Hall–Kier alpha value is -1.80. The van der Waals surface area contributed by atoms with Gasteiger partial charge in [0.15, 0.2) is 0 Å². The molecule has 1 N–H and O–H groups in total. The van der Waals surface area contributed by atoms with Gasteiger partial charge in [0.05, 0.1) is 12.5 Å². The molecule has 0 aromatic heterocycles. The zero-order valence-electron chi connectivity index (χ0n) is 14.9. The summed E-state index contributed by atoms with van der Waals surface area (Å²) >= 11 is 8.73. The first-order chi connectivity index (χ1) is 13.3. The molecule has 4 rings (SSSR count). The van der Waals surface area contributed by atoms with Gasteiger partial charge in [0.2, 0.25) is 0 Å². The maximum atomic E-state index is 5.51.